The van der Waals surface area contributed by atoms with Crippen LogP contribution in [0.5, 0.6) is 0 Å². The van der Waals surface area contributed by atoms with Gasteiger partial charge in [0.25, 0.3) is 0 Å². The first-order chi connectivity index (χ1) is 4.61. The van der Waals surface area contributed by atoms with Crippen LogP contribution in [-0.4, -0.2) is 36.3 Å². The van der Waals surface area contributed by atoms with Gasteiger partial charge in [0, 0.05) is 0 Å². The summed E-state index contributed by atoms with van der Waals surface area (Å²) >= 11 is -1.79. The molecule has 4 heteroatoms. The van der Waals surface area contributed by atoms with Crippen molar-refractivity contribution in [3.8, 4) is 0 Å². The van der Waals surface area contributed by atoms with Crippen LogP contribution < -0.4 is 0 Å². The third kappa shape index (κ3) is 1.64. The van der Waals surface area contributed by atoms with Crippen molar-refractivity contribution in [2.75, 3.05) is 0 Å². The number of hydrogen-bond acceptors (Lipinski definition) is 3. The Morgan fingerprint density at radius 2 is 2.00 bits per heavy atom. The van der Waals surface area contributed by atoms with Gasteiger partial charge in [-0.05, 0) is 0 Å². The topological polar surface area (TPSA) is 57.5 Å². The van der Waals surface area contributed by atoms with Crippen molar-refractivity contribution in [2.45, 2.75) is 29.8 Å². The number of hydrogen-bond donors (Lipinski definition) is 2. The van der Waals surface area contributed by atoms with Crippen LogP contribution in [0.1, 0.15) is 6.92 Å². The molecule has 60 valence electrons. The molecule has 10 heavy (non-hydrogen) atoms. The Morgan fingerprint density at radius 3 is 2.50 bits per heavy atom. The van der Waals surface area contributed by atoms with Gasteiger partial charge in [-0.1, -0.05) is 0 Å². The van der Waals surface area contributed by atoms with Crippen molar-refractivity contribution in [1.82, 2.24) is 0 Å². The summed E-state index contributed by atoms with van der Waals surface area (Å²) in [5.41, 5.74) is 0. The van der Waals surface area contributed by atoms with Crippen LogP contribution in [0.3, 0.4) is 0 Å². The molecule has 1 aliphatic rings. The van der Waals surface area contributed by atoms with E-state index >= 15 is 0 Å². The Morgan fingerprint density at radius 1 is 1.40 bits per heavy atom. The molecular weight excluding hydrogens is 199 g/mol. The summed E-state index contributed by atoms with van der Waals surface area (Å²) < 4.78 is 11.0. The Labute approximate surface area is 64.1 Å². The maximum absolute atomic E-state index is 11.0. The van der Waals surface area contributed by atoms with Gasteiger partial charge in [-0.25, -0.2) is 0 Å². The molecule has 0 radical (unpaired) electrons. The van der Waals surface area contributed by atoms with Crippen molar-refractivity contribution in [3.05, 3.63) is 0 Å². The molecule has 1 rings (SSSR count). The van der Waals surface area contributed by atoms with Gasteiger partial charge >= 0.3 is 63.6 Å². The normalized spacial score (nSPS) is 49.1. The molecule has 0 aliphatic carbocycles. The Kier molecular flexibility index (Phi) is 2.58. The third-order valence-corrected chi connectivity index (χ3v) is 5.16. The Balaban J connectivity index is 2.57. The monoisotopic (exact) mass is 212 g/mol. The summed E-state index contributed by atoms with van der Waals surface area (Å²) in [6.07, 6.45) is -1.40. The van der Waals surface area contributed by atoms with E-state index in [1.54, 1.807) is 0 Å². The van der Waals surface area contributed by atoms with Crippen LogP contribution in [0, 0.1) is 5.92 Å². The van der Waals surface area contributed by atoms with Gasteiger partial charge in [0.1, 0.15) is 0 Å². The van der Waals surface area contributed by atoms with E-state index in [0.717, 1.165) is 0 Å². The van der Waals surface area contributed by atoms with Gasteiger partial charge in [0.05, 0.1) is 0 Å². The standard InChI is InChI=1S/C6H12O3Se/c1-4-2-10(9)3-5(7)6(4)8/h4-8H,2-3H2,1H3/t4-,5+,6-,10?/m1/s1. The van der Waals surface area contributed by atoms with E-state index in [1.807, 2.05) is 6.92 Å². The third-order valence-electron chi connectivity index (χ3n) is 1.78. The van der Waals surface area contributed by atoms with Crippen molar-refractivity contribution in [1.29, 1.82) is 0 Å². The molecule has 1 heterocycles. The number of rotatable bonds is 0. The number of aliphatic hydroxyl groups is 2. The average molecular weight is 211 g/mol. The molecule has 1 aliphatic heterocycles. The molecule has 1 saturated heterocycles. The number of aliphatic hydroxyl groups excluding tert-OH is 2. The van der Waals surface area contributed by atoms with E-state index < -0.39 is 26.0 Å². The van der Waals surface area contributed by atoms with E-state index in [2.05, 4.69) is 0 Å². The van der Waals surface area contributed by atoms with Gasteiger partial charge in [-0.3, -0.25) is 0 Å². The Bertz CT molecular complexity index is 134. The fourth-order valence-electron chi connectivity index (χ4n) is 1.13. The predicted molar refractivity (Wildman–Crippen MR) is 37.2 cm³/mol. The molecular formula is C6H12O3Se. The van der Waals surface area contributed by atoms with Gasteiger partial charge < -0.3 is 0 Å². The SMILES string of the molecule is C[C@@H]1C[Se](=O)C[C@H](O)[C@@H]1O. The molecule has 1 fully saturated rings. The van der Waals surface area contributed by atoms with Gasteiger partial charge in [-0.2, -0.15) is 0 Å². The summed E-state index contributed by atoms with van der Waals surface area (Å²) in [6, 6.07) is 0. The zero-order valence-electron chi connectivity index (χ0n) is 5.86. The van der Waals surface area contributed by atoms with Crippen molar-refractivity contribution in [3.63, 3.8) is 0 Å². The molecule has 3 nitrogen and oxygen atoms in total. The molecule has 4 atom stereocenters. The molecule has 0 aromatic heterocycles. The van der Waals surface area contributed by atoms with Crippen molar-refractivity contribution >= 4 is 13.8 Å². The zero-order valence-corrected chi connectivity index (χ0v) is 7.57. The fourth-order valence-corrected chi connectivity index (χ4v) is 4.27. The van der Waals surface area contributed by atoms with Gasteiger partial charge in [-0.15, -0.1) is 0 Å². The first kappa shape index (κ1) is 8.34. The van der Waals surface area contributed by atoms with Crippen LogP contribution in [0.25, 0.3) is 0 Å². The van der Waals surface area contributed by atoms with E-state index in [9.17, 15) is 8.94 Å². The van der Waals surface area contributed by atoms with Crippen LogP contribution in [0.2, 0.25) is 10.6 Å². The van der Waals surface area contributed by atoms with E-state index in [0.29, 0.717) is 10.6 Å². The zero-order chi connectivity index (χ0) is 7.72. The van der Waals surface area contributed by atoms with E-state index in [1.165, 1.54) is 0 Å². The average Bonchev–Trinajstić information content (AvgIpc) is 1.82. The quantitative estimate of drug-likeness (QED) is 0.544. The summed E-state index contributed by atoms with van der Waals surface area (Å²) in [5, 5.41) is 19.2. The first-order valence-corrected chi connectivity index (χ1v) is 6.44. The summed E-state index contributed by atoms with van der Waals surface area (Å²) in [4.78, 5) is 0. The van der Waals surface area contributed by atoms with Crippen molar-refractivity contribution < 1.29 is 14.0 Å². The molecule has 0 saturated carbocycles. The second kappa shape index (κ2) is 3.09. The van der Waals surface area contributed by atoms with Gasteiger partial charge in [0.15, 0.2) is 0 Å². The molecule has 0 aromatic rings. The molecule has 0 bridgehead atoms. The second-order valence-electron chi connectivity index (χ2n) is 2.81. The summed E-state index contributed by atoms with van der Waals surface area (Å²) in [7, 11) is 0. The minimum atomic E-state index is -1.79. The minimum absolute atomic E-state index is 0.00579. The molecule has 2 N–H and O–H groups in total. The molecule has 0 aromatic carbocycles. The Hall–Kier alpha value is 0.239. The van der Waals surface area contributed by atoms with Gasteiger partial charge in [0.2, 0.25) is 0 Å². The second-order valence-corrected chi connectivity index (χ2v) is 6.05. The maximum atomic E-state index is 11.0. The van der Waals surface area contributed by atoms with E-state index in [-0.39, 0.29) is 5.92 Å². The van der Waals surface area contributed by atoms with Crippen LogP contribution in [-0.2, 0) is 3.83 Å². The van der Waals surface area contributed by atoms with E-state index in [4.69, 9.17) is 5.11 Å². The van der Waals surface area contributed by atoms with Crippen LogP contribution in [0.4, 0.5) is 0 Å². The first-order valence-electron chi connectivity index (χ1n) is 3.32. The summed E-state index contributed by atoms with van der Waals surface area (Å²) in [6.45, 7) is 1.82. The fraction of sp³-hybridized carbons (Fsp3) is 1.00. The van der Waals surface area contributed by atoms with Crippen LogP contribution >= 0.6 is 0 Å². The molecule has 0 amide bonds. The summed E-state index contributed by atoms with van der Waals surface area (Å²) in [5.74, 6) is 0.00579. The molecule has 1 unspecified atom stereocenters. The van der Waals surface area contributed by atoms with Crippen molar-refractivity contribution in [2.24, 2.45) is 5.92 Å². The predicted octanol–water partition coefficient (Wildman–Crippen LogP) is -0.220. The molecule has 0 spiro atoms. The van der Waals surface area contributed by atoms with Crippen LogP contribution in [0.15, 0.2) is 0 Å².